The number of hydrogen-bond acceptors (Lipinski definition) is 1. The minimum Gasteiger partial charge on any atom is -0.258 e. The zero-order valence-corrected chi connectivity index (χ0v) is 7.89. The molecule has 0 radical (unpaired) electrons. The van der Waals surface area contributed by atoms with E-state index in [4.69, 9.17) is 0 Å². The van der Waals surface area contributed by atoms with Gasteiger partial charge in [-0.15, -0.1) is 0 Å². The van der Waals surface area contributed by atoms with E-state index in [0.717, 1.165) is 12.1 Å². The summed E-state index contributed by atoms with van der Waals surface area (Å²) in [7, 11) is 0. The first-order valence-electron chi connectivity index (χ1n) is 4.25. The summed E-state index contributed by atoms with van der Waals surface area (Å²) in [6, 6.07) is 6.10. The third kappa shape index (κ3) is 4.89. The normalized spacial score (nSPS) is 7.67. The Kier molecular flexibility index (Phi) is 9.43. The molecular weight excluding hydrogens is 146 g/mol. The lowest BCUT2D eigenvalue weighted by Crippen LogP contribution is -1.87. The van der Waals surface area contributed by atoms with Crippen LogP contribution in [0.25, 0.3) is 0 Å². The first-order valence-corrected chi connectivity index (χ1v) is 4.25. The summed E-state index contributed by atoms with van der Waals surface area (Å²) in [5.41, 5.74) is 2.28. The molecule has 0 bridgehead atoms. The summed E-state index contributed by atoms with van der Waals surface area (Å²) < 4.78 is 0. The molecule has 1 nitrogen and oxygen atoms in total. The van der Waals surface area contributed by atoms with Gasteiger partial charge in [-0.1, -0.05) is 34.3 Å². The fraction of sp³-hybridized carbons (Fsp3) is 0.545. The van der Waals surface area contributed by atoms with Crippen molar-refractivity contribution in [3.63, 3.8) is 0 Å². The van der Waals surface area contributed by atoms with Crippen molar-refractivity contribution in [1.82, 2.24) is 4.98 Å². The van der Waals surface area contributed by atoms with Gasteiger partial charge in [-0.05, 0) is 25.5 Å². The first-order chi connectivity index (χ1) is 5.33. The predicted octanol–water partition coefficient (Wildman–Crippen LogP) is 3.61. The molecule has 1 rings (SSSR count). The number of hydrogen-bond donors (Lipinski definition) is 0. The van der Waals surface area contributed by atoms with Gasteiger partial charge in [0.25, 0.3) is 0 Å². The summed E-state index contributed by atoms with van der Waals surface area (Å²) >= 11 is 0. The third-order valence-electron chi connectivity index (χ3n) is 1.31. The lowest BCUT2D eigenvalue weighted by molar-refractivity contribution is 1.01. The molecule has 0 fully saturated rings. The van der Waals surface area contributed by atoms with Crippen molar-refractivity contribution >= 4 is 0 Å². The fourth-order valence-electron chi connectivity index (χ4n) is 0.796. The smallest absolute Gasteiger partial charge is 0.0404 e. The Labute approximate surface area is 76.9 Å². The molecule has 0 amide bonds. The Bertz CT molecular complexity index is 194. The van der Waals surface area contributed by atoms with E-state index >= 15 is 0 Å². The quantitative estimate of drug-likeness (QED) is 0.622. The van der Waals surface area contributed by atoms with Gasteiger partial charge >= 0.3 is 0 Å². The molecule has 0 aromatic carbocycles. The van der Waals surface area contributed by atoms with Crippen LogP contribution in [0.3, 0.4) is 0 Å². The van der Waals surface area contributed by atoms with E-state index in [9.17, 15) is 0 Å². The van der Waals surface area contributed by atoms with E-state index in [-0.39, 0.29) is 7.43 Å². The highest BCUT2D eigenvalue weighted by Crippen LogP contribution is 1.97. The van der Waals surface area contributed by atoms with Gasteiger partial charge < -0.3 is 0 Å². The topological polar surface area (TPSA) is 12.9 Å². The van der Waals surface area contributed by atoms with E-state index in [1.54, 1.807) is 0 Å². The van der Waals surface area contributed by atoms with Gasteiger partial charge in [0, 0.05) is 11.4 Å². The summed E-state index contributed by atoms with van der Waals surface area (Å²) in [4.78, 5) is 4.29. The maximum Gasteiger partial charge on any atom is 0.0404 e. The van der Waals surface area contributed by atoms with Gasteiger partial charge in [0.05, 0.1) is 0 Å². The van der Waals surface area contributed by atoms with Crippen LogP contribution in [-0.2, 0) is 6.42 Å². The van der Waals surface area contributed by atoms with Crippen LogP contribution in [0.1, 0.15) is 39.6 Å². The van der Waals surface area contributed by atoms with Gasteiger partial charge in [0.1, 0.15) is 0 Å². The molecule has 0 aliphatic rings. The van der Waals surface area contributed by atoms with Crippen LogP contribution in [0.4, 0.5) is 0 Å². The van der Waals surface area contributed by atoms with Crippen molar-refractivity contribution < 1.29 is 0 Å². The van der Waals surface area contributed by atoms with Gasteiger partial charge in [0.15, 0.2) is 0 Å². The molecule has 70 valence electrons. The van der Waals surface area contributed by atoms with Crippen LogP contribution in [0, 0.1) is 6.92 Å². The molecule has 1 heteroatoms. The predicted molar refractivity (Wildman–Crippen MR) is 56.4 cm³/mol. The van der Waals surface area contributed by atoms with Crippen molar-refractivity contribution in [3.8, 4) is 0 Å². The minimum absolute atomic E-state index is 0. The highest BCUT2D eigenvalue weighted by molar-refractivity contribution is 5.09. The van der Waals surface area contributed by atoms with Crippen LogP contribution in [-0.4, -0.2) is 4.98 Å². The number of rotatable bonds is 1. The molecule has 0 unspecified atom stereocenters. The van der Waals surface area contributed by atoms with E-state index < -0.39 is 0 Å². The average molecular weight is 167 g/mol. The molecule has 0 aliphatic heterocycles. The number of pyridine rings is 1. The Morgan fingerprint density at radius 2 is 1.83 bits per heavy atom. The van der Waals surface area contributed by atoms with E-state index in [2.05, 4.69) is 11.9 Å². The van der Waals surface area contributed by atoms with Crippen LogP contribution < -0.4 is 0 Å². The van der Waals surface area contributed by atoms with Crippen LogP contribution in [0.2, 0.25) is 0 Å². The van der Waals surface area contributed by atoms with E-state index in [1.165, 1.54) is 5.69 Å². The van der Waals surface area contributed by atoms with Crippen molar-refractivity contribution in [2.75, 3.05) is 0 Å². The molecule has 0 spiro atoms. The summed E-state index contributed by atoms with van der Waals surface area (Å²) in [6.45, 7) is 8.13. The number of aromatic nitrogens is 1. The lowest BCUT2D eigenvalue weighted by atomic mass is 10.3. The molecule has 1 heterocycles. The number of aryl methyl sites for hydroxylation is 2. The monoisotopic (exact) mass is 167 g/mol. The summed E-state index contributed by atoms with van der Waals surface area (Å²) in [5.74, 6) is 0. The van der Waals surface area contributed by atoms with Crippen LogP contribution >= 0.6 is 0 Å². The molecule has 0 atom stereocenters. The third-order valence-corrected chi connectivity index (χ3v) is 1.31. The molecule has 12 heavy (non-hydrogen) atoms. The minimum atomic E-state index is 0. The molecular formula is C11H21N. The zero-order chi connectivity index (χ0) is 8.69. The molecule has 0 saturated heterocycles. The Hall–Kier alpha value is -0.850. The van der Waals surface area contributed by atoms with Crippen molar-refractivity contribution in [1.29, 1.82) is 0 Å². The SMILES string of the molecule is C.CC.CCc1cccc(C)n1. The van der Waals surface area contributed by atoms with Gasteiger partial charge in [-0.2, -0.15) is 0 Å². The van der Waals surface area contributed by atoms with Crippen molar-refractivity contribution in [3.05, 3.63) is 29.6 Å². The molecule has 1 aromatic rings. The molecule has 0 aliphatic carbocycles. The molecule has 1 aromatic heterocycles. The Morgan fingerprint density at radius 3 is 2.17 bits per heavy atom. The lowest BCUT2D eigenvalue weighted by Gasteiger charge is -1.94. The highest BCUT2D eigenvalue weighted by atomic mass is 14.7. The second kappa shape index (κ2) is 8.25. The second-order valence-corrected chi connectivity index (χ2v) is 2.12. The molecule has 0 saturated carbocycles. The maximum atomic E-state index is 4.29. The van der Waals surface area contributed by atoms with Gasteiger partial charge in [-0.25, -0.2) is 0 Å². The fourth-order valence-corrected chi connectivity index (χ4v) is 0.796. The van der Waals surface area contributed by atoms with Crippen molar-refractivity contribution in [2.24, 2.45) is 0 Å². The summed E-state index contributed by atoms with van der Waals surface area (Å²) in [5, 5.41) is 0. The van der Waals surface area contributed by atoms with Crippen LogP contribution in [0.5, 0.6) is 0 Å². The average Bonchev–Trinajstić information content (AvgIpc) is 2.08. The Morgan fingerprint density at radius 1 is 1.25 bits per heavy atom. The van der Waals surface area contributed by atoms with Gasteiger partial charge in [0.2, 0.25) is 0 Å². The maximum absolute atomic E-state index is 4.29. The first kappa shape index (κ1) is 13.7. The van der Waals surface area contributed by atoms with E-state index in [0.29, 0.717) is 0 Å². The second-order valence-electron chi connectivity index (χ2n) is 2.12. The zero-order valence-electron chi connectivity index (χ0n) is 7.89. The van der Waals surface area contributed by atoms with E-state index in [1.807, 2.05) is 39.0 Å². The summed E-state index contributed by atoms with van der Waals surface area (Å²) in [6.07, 6.45) is 1.03. The number of nitrogens with zero attached hydrogens (tertiary/aromatic N) is 1. The van der Waals surface area contributed by atoms with Crippen LogP contribution in [0.15, 0.2) is 18.2 Å². The largest absolute Gasteiger partial charge is 0.258 e. The highest BCUT2D eigenvalue weighted by Gasteiger charge is 1.87. The molecule has 0 N–H and O–H groups in total. The standard InChI is InChI=1S/C8H11N.C2H6.CH4/c1-3-8-6-4-5-7(2)9-8;1-2;/h4-6H,3H2,1-2H3;1-2H3;1H4. The Balaban J connectivity index is 0. The van der Waals surface area contributed by atoms with Gasteiger partial charge in [-0.3, -0.25) is 4.98 Å². The van der Waals surface area contributed by atoms with Crippen molar-refractivity contribution in [2.45, 2.75) is 41.5 Å².